The van der Waals surface area contributed by atoms with Crippen LogP contribution in [0, 0.1) is 6.92 Å². The van der Waals surface area contributed by atoms with Crippen LogP contribution in [0.1, 0.15) is 23.3 Å². The van der Waals surface area contributed by atoms with Crippen molar-refractivity contribution in [2.45, 2.75) is 36.6 Å². The zero-order valence-corrected chi connectivity index (χ0v) is 16.9. The topological polar surface area (TPSA) is 70.6 Å². The molecule has 3 rings (SSSR count). The van der Waals surface area contributed by atoms with Gasteiger partial charge in [-0.05, 0) is 43.5 Å². The number of aromatic nitrogens is 1. The average molecular weight is 414 g/mol. The summed E-state index contributed by atoms with van der Waals surface area (Å²) in [5.41, 5.74) is 0.839. The van der Waals surface area contributed by atoms with E-state index in [1.54, 1.807) is 42.4 Å². The number of thiophene rings is 1. The summed E-state index contributed by atoms with van der Waals surface area (Å²) < 4.78 is 27.5. The molecular weight excluding hydrogens is 394 g/mol. The van der Waals surface area contributed by atoms with Crippen LogP contribution in [-0.2, 0) is 21.4 Å². The number of likely N-dealkylation sites (N-methyl/N-ethyl adjacent to an activating group) is 1. The molecule has 0 saturated carbocycles. The SMILES string of the molecule is Cc1ccc(S(=O)(=O)N2CCCC2C(=O)N(C)Cc2ccc(Cl)nc2)s1. The molecule has 140 valence electrons. The van der Waals surface area contributed by atoms with Crippen molar-refractivity contribution < 1.29 is 13.2 Å². The van der Waals surface area contributed by atoms with Crippen molar-refractivity contribution in [3.63, 3.8) is 0 Å². The van der Waals surface area contributed by atoms with E-state index in [9.17, 15) is 13.2 Å². The second-order valence-corrected chi connectivity index (χ2v) is 10.1. The molecule has 0 spiro atoms. The van der Waals surface area contributed by atoms with E-state index in [2.05, 4.69) is 4.98 Å². The average Bonchev–Trinajstić information content (AvgIpc) is 3.25. The van der Waals surface area contributed by atoms with E-state index < -0.39 is 16.1 Å². The van der Waals surface area contributed by atoms with Crippen LogP contribution < -0.4 is 0 Å². The zero-order chi connectivity index (χ0) is 18.9. The molecule has 1 fully saturated rings. The molecule has 9 heteroatoms. The molecule has 1 saturated heterocycles. The molecule has 0 N–H and O–H groups in total. The number of carbonyl (C=O) groups excluding carboxylic acids is 1. The van der Waals surface area contributed by atoms with Gasteiger partial charge in [-0.25, -0.2) is 13.4 Å². The molecule has 0 bridgehead atoms. The molecule has 1 aliphatic heterocycles. The molecule has 1 aliphatic rings. The van der Waals surface area contributed by atoms with Gasteiger partial charge in [-0.2, -0.15) is 4.31 Å². The van der Waals surface area contributed by atoms with E-state index in [-0.39, 0.29) is 5.91 Å². The van der Waals surface area contributed by atoms with Gasteiger partial charge in [0, 0.05) is 31.2 Å². The fourth-order valence-electron chi connectivity index (χ4n) is 3.05. The maximum Gasteiger partial charge on any atom is 0.253 e. The number of aryl methyl sites for hydroxylation is 1. The third-order valence-corrected chi connectivity index (χ3v) is 7.95. The van der Waals surface area contributed by atoms with Gasteiger partial charge in [0.1, 0.15) is 15.4 Å². The maximum absolute atomic E-state index is 12.9. The number of hydrogen-bond donors (Lipinski definition) is 0. The normalized spacial score (nSPS) is 18.2. The minimum absolute atomic E-state index is 0.200. The molecule has 0 aliphatic carbocycles. The standard InChI is InChI=1S/C17H20ClN3O3S2/c1-12-5-8-16(25-12)26(23,24)21-9-3-4-14(21)17(22)20(2)11-13-6-7-15(18)19-10-13/h5-8,10,14H,3-4,9,11H2,1-2H3. The summed E-state index contributed by atoms with van der Waals surface area (Å²) >= 11 is 7.01. The van der Waals surface area contributed by atoms with Crippen LogP contribution in [0.3, 0.4) is 0 Å². The first kappa shape index (κ1) is 19.3. The van der Waals surface area contributed by atoms with Crippen LogP contribution in [0.15, 0.2) is 34.7 Å². The summed E-state index contributed by atoms with van der Waals surface area (Å²) in [5.74, 6) is -0.200. The summed E-state index contributed by atoms with van der Waals surface area (Å²) in [6, 6.07) is 6.20. The van der Waals surface area contributed by atoms with E-state index in [0.717, 1.165) is 10.4 Å². The van der Waals surface area contributed by atoms with Gasteiger partial charge in [-0.15, -0.1) is 11.3 Å². The second kappa shape index (κ2) is 7.64. The lowest BCUT2D eigenvalue weighted by atomic mass is 10.2. The van der Waals surface area contributed by atoms with E-state index in [4.69, 9.17) is 11.6 Å². The summed E-state index contributed by atoms with van der Waals surface area (Å²) in [6.45, 7) is 2.59. The summed E-state index contributed by atoms with van der Waals surface area (Å²) in [6.07, 6.45) is 2.83. The van der Waals surface area contributed by atoms with Crippen molar-refractivity contribution in [3.8, 4) is 0 Å². The van der Waals surface area contributed by atoms with Crippen LogP contribution >= 0.6 is 22.9 Å². The molecule has 26 heavy (non-hydrogen) atoms. The lowest BCUT2D eigenvalue weighted by Crippen LogP contribution is -2.46. The third kappa shape index (κ3) is 3.93. The quantitative estimate of drug-likeness (QED) is 0.706. The van der Waals surface area contributed by atoms with Crippen LogP contribution in [0.4, 0.5) is 0 Å². The third-order valence-electron chi connectivity index (χ3n) is 4.35. The molecule has 1 amide bonds. The van der Waals surface area contributed by atoms with E-state index in [0.29, 0.717) is 35.3 Å². The van der Waals surface area contributed by atoms with Crippen molar-refractivity contribution in [1.29, 1.82) is 0 Å². The van der Waals surface area contributed by atoms with Gasteiger partial charge in [-0.1, -0.05) is 17.7 Å². The number of sulfonamides is 1. The minimum Gasteiger partial charge on any atom is -0.340 e. The van der Waals surface area contributed by atoms with Crippen molar-refractivity contribution in [2.75, 3.05) is 13.6 Å². The second-order valence-electron chi connectivity index (χ2n) is 6.32. The summed E-state index contributed by atoms with van der Waals surface area (Å²) in [5, 5.41) is 0.391. The zero-order valence-electron chi connectivity index (χ0n) is 14.6. The highest BCUT2D eigenvalue weighted by molar-refractivity contribution is 7.91. The number of rotatable bonds is 5. The van der Waals surface area contributed by atoms with Crippen molar-refractivity contribution in [3.05, 3.63) is 46.1 Å². The summed E-state index contributed by atoms with van der Waals surface area (Å²) in [4.78, 5) is 19.4. The fraction of sp³-hybridized carbons (Fsp3) is 0.412. The Morgan fingerprint density at radius 3 is 2.77 bits per heavy atom. The highest BCUT2D eigenvalue weighted by Crippen LogP contribution is 2.31. The highest BCUT2D eigenvalue weighted by Gasteiger charge is 2.41. The first-order valence-electron chi connectivity index (χ1n) is 8.23. The first-order valence-corrected chi connectivity index (χ1v) is 10.9. The molecule has 1 atom stereocenters. The number of carbonyl (C=O) groups is 1. The van der Waals surface area contributed by atoms with E-state index in [1.807, 2.05) is 6.92 Å². The van der Waals surface area contributed by atoms with Gasteiger partial charge >= 0.3 is 0 Å². The Balaban J connectivity index is 1.76. The van der Waals surface area contributed by atoms with Crippen LogP contribution in [0.25, 0.3) is 0 Å². The van der Waals surface area contributed by atoms with Gasteiger partial charge in [0.2, 0.25) is 5.91 Å². The van der Waals surface area contributed by atoms with Crippen LogP contribution in [0.2, 0.25) is 5.15 Å². The van der Waals surface area contributed by atoms with Gasteiger partial charge in [0.15, 0.2) is 0 Å². The highest BCUT2D eigenvalue weighted by atomic mass is 35.5. The fourth-order valence-corrected chi connectivity index (χ4v) is 6.22. The van der Waals surface area contributed by atoms with E-state index in [1.165, 1.54) is 15.6 Å². The van der Waals surface area contributed by atoms with Gasteiger partial charge in [0.05, 0.1) is 0 Å². The summed E-state index contributed by atoms with van der Waals surface area (Å²) in [7, 11) is -1.97. The predicted octanol–water partition coefficient (Wildman–Crippen LogP) is 2.92. The Hall–Kier alpha value is -1.48. The van der Waals surface area contributed by atoms with E-state index >= 15 is 0 Å². The minimum atomic E-state index is -3.65. The van der Waals surface area contributed by atoms with Gasteiger partial charge in [0.25, 0.3) is 10.0 Å². The molecule has 1 unspecified atom stereocenters. The number of hydrogen-bond acceptors (Lipinski definition) is 5. The van der Waals surface area contributed by atoms with Crippen molar-refractivity contribution >= 4 is 38.9 Å². The Kier molecular flexibility index (Phi) is 5.67. The molecule has 6 nitrogen and oxygen atoms in total. The van der Waals surface area contributed by atoms with Crippen molar-refractivity contribution in [2.24, 2.45) is 0 Å². The maximum atomic E-state index is 12.9. The Morgan fingerprint density at radius 2 is 2.15 bits per heavy atom. The molecule has 0 aromatic carbocycles. The van der Waals surface area contributed by atoms with Gasteiger partial charge in [-0.3, -0.25) is 4.79 Å². The monoisotopic (exact) mass is 413 g/mol. The number of nitrogens with zero attached hydrogens (tertiary/aromatic N) is 3. The molecule has 2 aromatic heterocycles. The van der Waals surface area contributed by atoms with Gasteiger partial charge < -0.3 is 4.90 Å². The smallest absolute Gasteiger partial charge is 0.253 e. The molecule has 2 aromatic rings. The number of halogens is 1. The number of pyridine rings is 1. The lowest BCUT2D eigenvalue weighted by Gasteiger charge is -2.27. The van der Waals surface area contributed by atoms with Crippen LogP contribution in [0.5, 0.6) is 0 Å². The molecular formula is C17H20ClN3O3S2. The molecule has 0 radical (unpaired) electrons. The Bertz CT molecular complexity index is 896. The largest absolute Gasteiger partial charge is 0.340 e. The lowest BCUT2D eigenvalue weighted by molar-refractivity contribution is -0.133. The predicted molar refractivity (Wildman–Crippen MR) is 102 cm³/mol. The Labute approximate surface area is 162 Å². The van der Waals surface area contributed by atoms with Crippen LogP contribution in [-0.4, -0.2) is 48.1 Å². The first-order chi connectivity index (χ1) is 12.3. The van der Waals surface area contributed by atoms with Crippen molar-refractivity contribution in [1.82, 2.24) is 14.2 Å². The number of amides is 1. The molecule has 3 heterocycles. The Morgan fingerprint density at radius 1 is 1.38 bits per heavy atom.